The predicted octanol–water partition coefficient (Wildman–Crippen LogP) is 12.0. The Balaban J connectivity index is 0.000000227. The van der Waals surface area contributed by atoms with Crippen molar-refractivity contribution in [3.05, 3.63) is 79.9 Å². The van der Waals surface area contributed by atoms with Gasteiger partial charge in [0.2, 0.25) is 0 Å². The van der Waals surface area contributed by atoms with Crippen molar-refractivity contribution >= 4 is 59.5 Å². The van der Waals surface area contributed by atoms with Gasteiger partial charge in [0.25, 0.3) is 0 Å². The van der Waals surface area contributed by atoms with Gasteiger partial charge in [-0.2, -0.15) is 4.40 Å². The lowest BCUT2D eigenvalue weighted by molar-refractivity contribution is -0.0862. The minimum Gasteiger partial charge on any atom is -0.496 e. The van der Waals surface area contributed by atoms with Gasteiger partial charge in [-0.3, -0.25) is 0 Å². The van der Waals surface area contributed by atoms with E-state index in [1.54, 1.807) is 0 Å². The van der Waals surface area contributed by atoms with Gasteiger partial charge in [0.05, 0.1) is 45.0 Å². The van der Waals surface area contributed by atoms with Gasteiger partial charge in [-0.25, -0.2) is 13.1 Å². The number of hydrogen-bond donors (Lipinski definition) is 1. The molecule has 0 bridgehead atoms. The molecule has 4 aliphatic carbocycles. The van der Waals surface area contributed by atoms with E-state index >= 15 is 0 Å². The molecule has 2 saturated carbocycles. The Bertz CT molecular complexity index is 1920. The molecule has 0 aliphatic heterocycles. The molecule has 4 aliphatic rings. The summed E-state index contributed by atoms with van der Waals surface area (Å²) in [5.74, 6) is 2.42. The van der Waals surface area contributed by atoms with E-state index in [2.05, 4.69) is 107 Å². The quantitative estimate of drug-likeness (QED) is 0.240. The minimum atomic E-state index is -1.30. The van der Waals surface area contributed by atoms with Crippen LogP contribution in [0.1, 0.15) is 137 Å². The van der Waals surface area contributed by atoms with Crippen LogP contribution in [0.4, 0.5) is 0 Å². The lowest BCUT2D eigenvalue weighted by Crippen LogP contribution is -2.61. The topological polar surface area (TPSA) is 86.2 Å². The zero-order valence-corrected chi connectivity index (χ0v) is 42.9. The van der Waals surface area contributed by atoms with E-state index in [0.29, 0.717) is 42.1 Å². The zero-order valence-electron chi connectivity index (χ0n) is 38.1. The molecule has 330 valence electrons. The number of rotatable bonds is 10. The molecular formula is C48H72Br2N2O5S2. The van der Waals surface area contributed by atoms with Crippen LogP contribution < -0.4 is 4.72 Å². The first-order chi connectivity index (χ1) is 27.6. The second-order valence-electron chi connectivity index (χ2n) is 19.9. The third-order valence-electron chi connectivity index (χ3n) is 13.8. The van der Waals surface area contributed by atoms with Crippen LogP contribution >= 0.6 is 31.9 Å². The van der Waals surface area contributed by atoms with Crippen LogP contribution in [0, 0.1) is 34.5 Å². The molecular weight excluding hydrogens is 908 g/mol. The van der Waals surface area contributed by atoms with Gasteiger partial charge in [-0.1, -0.05) is 91.1 Å². The maximum Gasteiger partial charge on any atom is 0.145 e. The van der Waals surface area contributed by atoms with Gasteiger partial charge in [-0.15, -0.1) is 0 Å². The highest BCUT2D eigenvalue weighted by Gasteiger charge is 2.64. The van der Waals surface area contributed by atoms with Crippen molar-refractivity contribution in [2.24, 2.45) is 38.9 Å². The van der Waals surface area contributed by atoms with Crippen LogP contribution in [-0.4, -0.2) is 56.7 Å². The summed E-state index contributed by atoms with van der Waals surface area (Å²) in [4.78, 5) is 0. The molecule has 0 amide bonds. The number of halogens is 2. The number of fused-ring (bicyclic) bond motifs is 2. The van der Waals surface area contributed by atoms with Crippen molar-refractivity contribution in [1.29, 1.82) is 0 Å². The third kappa shape index (κ3) is 9.52. The Morgan fingerprint density at radius 2 is 1.37 bits per heavy atom. The van der Waals surface area contributed by atoms with Gasteiger partial charge in [-0.05, 0) is 152 Å². The summed E-state index contributed by atoms with van der Waals surface area (Å²) >= 11 is 7.30. The van der Waals surface area contributed by atoms with Crippen LogP contribution in [0.15, 0.2) is 62.1 Å². The van der Waals surface area contributed by atoms with Crippen LogP contribution in [0.25, 0.3) is 0 Å². The summed E-state index contributed by atoms with van der Waals surface area (Å²) in [5.41, 5.74) is 5.04. The summed E-state index contributed by atoms with van der Waals surface area (Å²) in [5, 5.41) is 0. The number of benzene rings is 2. The molecule has 6 rings (SSSR count). The fourth-order valence-corrected chi connectivity index (χ4v) is 13.8. The maximum atomic E-state index is 13.7. The van der Waals surface area contributed by atoms with Crippen molar-refractivity contribution in [2.75, 3.05) is 20.8 Å². The summed E-state index contributed by atoms with van der Waals surface area (Å²) < 4.78 is 54.5. The first-order valence-electron chi connectivity index (χ1n) is 21.7. The van der Waals surface area contributed by atoms with Crippen LogP contribution in [0.2, 0.25) is 0 Å². The molecule has 59 heavy (non-hydrogen) atoms. The predicted molar refractivity (Wildman–Crippen MR) is 254 cm³/mol. The largest absolute Gasteiger partial charge is 0.496 e. The second kappa shape index (κ2) is 18.9. The van der Waals surface area contributed by atoms with Crippen LogP contribution in [0.3, 0.4) is 0 Å². The number of nitrogens with one attached hydrogen (secondary N) is 1. The van der Waals surface area contributed by atoms with E-state index in [1.165, 1.54) is 16.7 Å². The number of ether oxygens (including phenoxy) is 3. The zero-order chi connectivity index (χ0) is 43.9. The van der Waals surface area contributed by atoms with E-state index in [9.17, 15) is 8.42 Å². The number of methoxy groups -OCH3 is 2. The molecule has 2 spiro atoms. The monoisotopic (exact) mass is 978 g/mol. The van der Waals surface area contributed by atoms with Crippen molar-refractivity contribution in [1.82, 2.24) is 4.72 Å². The second-order valence-corrected chi connectivity index (χ2v) is 25.6. The highest BCUT2D eigenvalue weighted by molar-refractivity contribution is 9.10. The molecule has 0 aromatic heterocycles. The van der Waals surface area contributed by atoms with E-state index < -0.39 is 32.3 Å². The lowest BCUT2D eigenvalue weighted by atomic mass is 9.55. The van der Waals surface area contributed by atoms with Crippen molar-refractivity contribution in [3.8, 4) is 0 Å². The van der Waals surface area contributed by atoms with Crippen LogP contribution in [-0.2, 0) is 54.6 Å². The maximum absolute atomic E-state index is 13.7. The highest BCUT2D eigenvalue weighted by Crippen LogP contribution is 2.63. The van der Waals surface area contributed by atoms with E-state index in [-0.39, 0.29) is 21.7 Å². The van der Waals surface area contributed by atoms with Gasteiger partial charge < -0.3 is 14.2 Å². The molecule has 2 fully saturated rings. The molecule has 0 heterocycles. The van der Waals surface area contributed by atoms with E-state index in [0.717, 1.165) is 71.6 Å². The highest BCUT2D eigenvalue weighted by atomic mass is 79.9. The Labute approximate surface area is 378 Å². The molecule has 11 atom stereocenters. The van der Waals surface area contributed by atoms with Gasteiger partial charge in [0.15, 0.2) is 0 Å². The molecule has 7 nitrogen and oxygen atoms in total. The van der Waals surface area contributed by atoms with E-state index in [4.69, 9.17) is 18.6 Å². The van der Waals surface area contributed by atoms with Crippen molar-refractivity contribution in [2.45, 2.75) is 155 Å². The fraction of sp³-hybridized carbons (Fsp3) is 0.688. The SMILES string of the molecule is C=C(OCC)[C@]1(N[S@@](=O)C(C)(C)C)c2cc(Br)ccc2C[C@@]12C[C@@H](CC)[C@H](OC)[C@@H](C)C2.CC[C@@H]1C[C@@]2(Cc3ccc(Br)cc3C2=N[S@@](=O)C(C)(C)C)C[C@H](C)[C@H]1OC. The third-order valence-corrected chi connectivity index (χ3v) is 17.8. The summed E-state index contributed by atoms with van der Waals surface area (Å²) in [6, 6.07) is 13.0. The first kappa shape index (κ1) is 48.8. The van der Waals surface area contributed by atoms with Gasteiger partial charge in [0, 0.05) is 39.6 Å². The summed E-state index contributed by atoms with van der Waals surface area (Å²) in [7, 11) is 1.11. The molecule has 0 unspecified atom stereocenters. The lowest BCUT2D eigenvalue weighted by Gasteiger charge is -2.55. The molecule has 1 N–H and O–H groups in total. The average Bonchev–Trinajstić information content (AvgIpc) is 3.57. The molecule has 11 heteroatoms. The number of hydrogen-bond acceptors (Lipinski definition) is 5. The van der Waals surface area contributed by atoms with Crippen molar-refractivity contribution in [3.63, 3.8) is 0 Å². The minimum absolute atomic E-state index is 0.0286. The standard InChI is InChI=1S/C26H40BrNO3S.C22H32BrNO2S/c1-9-19-15-25(14-17(3)23(19)30-8)16-20-11-12-21(27)13-22(20)26(25,18(4)31-10-2)28-32(29)24(5,6)7;1-7-15-12-22(11-14(2)19(15)26-6)13-16-8-9-17(23)10-18(16)20(22)24-27(25)21(3,4)5/h11-13,17,19,23,28H,4,9-10,14-16H2,1-3,5-8H3;8-10,14-15,19H,7,11-13H2,1-6H3/t17-,19+,23+,25+,26-,32-;14-,15+,19+,22+,27-/m00/s1. The molecule has 2 aromatic rings. The summed E-state index contributed by atoms with van der Waals surface area (Å²) in [6.07, 6.45) is 8.59. The Morgan fingerprint density at radius 1 is 0.814 bits per heavy atom. The molecule has 0 radical (unpaired) electrons. The summed E-state index contributed by atoms with van der Waals surface area (Å²) in [6.45, 7) is 28.1. The Kier molecular flexibility index (Phi) is 15.6. The fourth-order valence-electron chi connectivity index (χ4n) is 11.3. The molecule has 0 saturated heterocycles. The molecule has 2 aromatic carbocycles. The smallest absolute Gasteiger partial charge is 0.145 e. The average molecular weight is 981 g/mol. The Morgan fingerprint density at radius 3 is 1.92 bits per heavy atom. The first-order valence-corrected chi connectivity index (χ1v) is 25.6. The normalized spacial score (nSPS) is 33.3. The number of nitrogens with zero attached hydrogens (tertiary/aromatic N) is 1. The van der Waals surface area contributed by atoms with Gasteiger partial charge in [0.1, 0.15) is 22.3 Å². The van der Waals surface area contributed by atoms with Crippen LogP contribution in [0.5, 0.6) is 0 Å². The van der Waals surface area contributed by atoms with E-state index in [1.807, 2.05) is 62.7 Å². The van der Waals surface area contributed by atoms with Crippen molar-refractivity contribution < 1.29 is 22.6 Å². The Hall–Kier alpha value is -1.21. The van der Waals surface area contributed by atoms with Gasteiger partial charge >= 0.3 is 0 Å².